The first-order valence-corrected chi connectivity index (χ1v) is 5.12. The lowest BCUT2D eigenvalue weighted by Gasteiger charge is -2.07. The lowest BCUT2D eigenvalue weighted by molar-refractivity contribution is -0.119. The van der Waals surface area contributed by atoms with Crippen LogP contribution >= 0.6 is 0 Å². The predicted molar refractivity (Wildman–Crippen MR) is 62.4 cm³/mol. The molecule has 0 fully saturated rings. The van der Waals surface area contributed by atoms with Gasteiger partial charge in [-0.05, 0) is 17.7 Å². The number of phenols is 1. The number of phenolic OH excluding ortho intramolecular Hbond substituents is 1. The summed E-state index contributed by atoms with van der Waals surface area (Å²) in [7, 11) is 1.50. The minimum Gasteiger partial charge on any atom is -0.508 e. The Kier molecular flexibility index (Phi) is 4.80. The monoisotopic (exact) mass is 237 g/mol. The van der Waals surface area contributed by atoms with Gasteiger partial charge in [0.2, 0.25) is 5.91 Å². The molecular weight excluding hydrogens is 222 g/mol. The summed E-state index contributed by atoms with van der Waals surface area (Å²) in [4.78, 5) is 22.1. The van der Waals surface area contributed by atoms with Crippen LogP contribution < -0.4 is 16.0 Å². The van der Waals surface area contributed by atoms with Crippen LogP contribution in [0.1, 0.15) is 5.56 Å². The van der Waals surface area contributed by atoms with Crippen LogP contribution in [-0.2, 0) is 11.3 Å². The maximum Gasteiger partial charge on any atom is 0.315 e. The predicted octanol–water partition coefficient (Wildman–Crippen LogP) is -0.0626. The van der Waals surface area contributed by atoms with Gasteiger partial charge < -0.3 is 21.1 Å². The Morgan fingerprint density at radius 1 is 1.18 bits per heavy atom. The third-order valence-corrected chi connectivity index (χ3v) is 2.08. The first kappa shape index (κ1) is 12.8. The van der Waals surface area contributed by atoms with E-state index in [1.54, 1.807) is 24.3 Å². The average molecular weight is 237 g/mol. The molecule has 0 aliphatic rings. The highest BCUT2D eigenvalue weighted by molar-refractivity contribution is 5.83. The number of carbonyl (C=O) groups excluding carboxylic acids is 2. The maximum atomic E-state index is 11.3. The van der Waals surface area contributed by atoms with Crippen molar-refractivity contribution in [3.8, 4) is 5.75 Å². The zero-order valence-corrected chi connectivity index (χ0v) is 9.49. The van der Waals surface area contributed by atoms with Gasteiger partial charge in [-0.3, -0.25) is 4.79 Å². The maximum absolute atomic E-state index is 11.3. The van der Waals surface area contributed by atoms with Gasteiger partial charge in [-0.15, -0.1) is 0 Å². The normalized spacial score (nSPS) is 9.47. The van der Waals surface area contributed by atoms with Crippen molar-refractivity contribution in [2.75, 3.05) is 13.6 Å². The minimum absolute atomic E-state index is 0.0576. The summed E-state index contributed by atoms with van der Waals surface area (Å²) in [5, 5.41) is 16.4. The molecule has 0 aliphatic heterocycles. The van der Waals surface area contributed by atoms with Crippen LogP contribution in [0.25, 0.3) is 0 Å². The van der Waals surface area contributed by atoms with E-state index in [9.17, 15) is 9.59 Å². The molecule has 1 rings (SSSR count). The van der Waals surface area contributed by atoms with Gasteiger partial charge in [0.05, 0.1) is 6.54 Å². The molecule has 0 saturated heterocycles. The first-order valence-electron chi connectivity index (χ1n) is 5.12. The smallest absolute Gasteiger partial charge is 0.315 e. The molecule has 92 valence electrons. The summed E-state index contributed by atoms with van der Waals surface area (Å²) in [6.07, 6.45) is 0. The molecular formula is C11H15N3O3. The van der Waals surface area contributed by atoms with Gasteiger partial charge in [0.1, 0.15) is 5.75 Å². The number of benzene rings is 1. The summed E-state index contributed by atoms with van der Waals surface area (Å²) in [5.74, 6) is -0.0809. The highest BCUT2D eigenvalue weighted by atomic mass is 16.3. The Labute approximate surface area is 99.0 Å². The molecule has 3 amide bonds. The summed E-state index contributed by atoms with van der Waals surface area (Å²) in [5.41, 5.74) is 0.859. The summed E-state index contributed by atoms with van der Waals surface area (Å²) in [6.45, 7) is 0.276. The van der Waals surface area contributed by atoms with E-state index in [0.29, 0.717) is 6.54 Å². The van der Waals surface area contributed by atoms with Gasteiger partial charge >= 0.3 is 6.03 Å². The first-order chi connectivity index (χ1) is 8.11. The third kappa shape index (κ3) is 4.87. The standard InChI is InChI=1S/C11H15N3O3/c1-12-10(16)7-14-11(17)13-6-8-2-4-9(15)5-3-8/h2-5,15H,6-7H2,1H3,(H,12,16)(H2,13,14,17). The van der Waals surface area contributed by atoms with Crippen LogP contribution in [0.3, 0.4) is 0 Å². The van der Waals surface area contributed by atoms with Gasteiger partial charge in [0.25, 0.3) is 0 Å². The van der Waals surface area contributed by atoms with E-state index in [2.05, 4.69) is 16.0 Å². The van der Waals surface area contributed by atoms with Crippen LogP contribution in [0.5, 0.6) is 5.75 Å². The molecule has 0 atom stereocenters. The molecule has 1 aromatic rings. The van der Waals surface area contributed by atoms with Crippen molar-refractivity contribution in [3.05, 3.63) is 29.8 Å². The van der Waals surface area contributed by atoms with Crippen LogP contribution in [0.4, 0.5) is 4.79 Å². The second-order valence-electron chi connectivity index (χ2n) is 3.38. The fourth-order valence-corrected chi connectivity index (χ4v) is 1.11. The van der Waals surface area contributed by atoms with E-state index in [4.69, 9.17) is 5.11 Å². The number of amides is 3. The van der Waals surface area contributed by atoms with Crippen molar-refractivity contribution < 1.29 is 14.7 Å². The van der Waals surface area contributed by atoms with Crippen molar-refractivity contribution in [3.63, 3.8) is 0 Å². The number of urea groups is 1. The SMILES string of the molecule is CNC(=O)CNC(=O)NCc1ccc(O)cc1. The van der Waals surface area contributed by atoms with Crippen molar-refractivity contribution >= 4 is 11.9 Å². The van der Waals surface area contributed by atoms with Crippen molar-refractivity contribution in [1.29, 1.82) is 0 Å². The lowest BCUT2D eigenvalue weighted by Crippen LogP contribution is -2.40. The van der Waals surface area contributed by atoms with Gasteiger partial charge in [-0.25, -0.2) is 4.79 Å². The molecule has 0 heterocycles. The Morgan fingerprint density at radius 2 is 1.82 bits per heavy atom. The van der Waals surface area contributed by atoms with Crippen molar-refractivity contribution in [2.45, 2.75) is 6.54 Å². The van der Waals surface area contributed by atoms with Gasteiger partial charge in [-0.1, -0.05) is 12.1 Å². The van der Waals surface area contributed by atoms with E-state index < -0.39 is 6.03 Å². The molecule has 0 saturated carbocycles. The van der Waals surface area contributed by atoms with E-state index in [0.717, 1.165) is 5.56 Å². The summed E-state index contributed by atoms with van der Waals surface area (Å²) in [6, 6.07) is 6.07. The zero-order valence-electron chi connectivity index (χ0n) is 9.49. The molecule has 0 radical (unpaired) electrons. The number of rotatable bonds is 4. The van der Waals surface area contributed by atoms with E-state index in [1.807, 2.05) is 0 Å². The molecule has 0 aromatic heterocycles. The second-order valence-corrected chi connectivity index (χ2v) is 3.38. The van der Waals surface area contributed by atoms with Gasteiger partial charge in [0, 0.05) is 13.6 Å². The third-order valence-electron chi connectivity index (χ3n) is 2.08. The Hall–Kier alpha value is -2.24. The van der Waals surface area contributed by atoms with Crippen LogP contribution in [0.2, 0.25) is 0 Å². The topological polar surface area (TPSA) is 90.5 Å². The van der Waals surface area contributed by atoms with Gasteiger partial charge in [0.15, 0.2) is 0 Å². The Morgan fingerprint density at radius 3 is 2.41 bits per heavy atom. The largest absolute Gasteiger partial charge is 0.508 e. The molecule has 1 aromatic carbocycles. The van der Waals surface area contributed by atoms with Crippen LogP contribution in [0.15, 0.2) is 24.3 Å². The number of nitrogens with one attached hydrogen (secondary N) is 3. The average Bonchev–Trinajstić information content (AvgIpc) is 2.35. The minimum atomic E-state index is -0.415. The summed E-state index contributed by atoms with van der Waals surface area (Å²) >= 11 is 0. The molecule has 6 nitrogen and oxygen atoms in total. The quantitative estimate of drug-likeness (QED) is 0.591. The lowest BCUT2D eigenvalue weighted by atomic mass is 10.2. The number of carbonyl (C=O) groups is 2. The Bertz CT molecular complexity index is 389. The highest BCUT2D eigenvalue weighted by Gasteiger charge is 2.02. The number of hydrogen-bond donors (Lipinski definition) is 4. The summed E-state index contributed by atoms with van der Waals surface area (Å²) < 4.78 is 0. The molecule has 0 bridgehead atoms. The molecule has 4 N–H and O–H groups in total. The molecule has 0 unspecified atom stereocenters. The van der Waals surface area contributed by atoms with Crippen LogP contribution in [0, 0.1) is 0 Å². The zero-order chi connectivity index (χ0) is 12.7. The van der Waals surface area contributed by atoms with E-state index >= 15 is 0 Å². The molecule has 17 heavy (non-hydrogen) atoms. The number of hydrogen-bond acceptors (Lipinski definition) is 3. The van der Waals surface area contributed by atoms with E-state index in [-0.39, 0.29) is 18.2 Å². The fourth-order valence-electron chi connectivity index (χ4n) is 1.11. The fraction of sp³-hybridized carbons (Fsp3) is 0.273. The second kappa shape index (κ2) is 6.37. The molecule has 0 aliphatic carbocycles. The molecule has 6 heteroatoms. The number of aromatic hydroxyl groups is 1. The van der Waals surface area contributed by atoms with Crippen molar-refractivity contribution in [1.82, 2.24) is 16.0 Å². The Balaban J connectivity index is 2.28. The number of likely N-dealkylation sites (N-methyl/N-ethyl adjacent to an activating group) is 1. The highest BCUT2D eigenvalue weighted by Crippen LogP contribution is 2.08. The van der Waals surface area contributed by atoms with Crippen molar-refractivity contribution in [2.24, 2.45) is 0 Å². The van der Waals surface area contributed by atoms with Gasteiger partial charge in [-0.2, -0.15) is 0 Å². The van der Waals surface area contributed by atoms with E-state index in [1.165, 1.54) is 7.05 Å². The molecule has 0 spiro atoms. The van der Waals surface area contributed by atoms with Crippen LogP contribution in [-0.4, -0.2) is 30.6 Å².